The summed E-state index contributed by atoms with van der Waals surface area (Å²) in [5.41, 5.74) is 2.28. The van der Waals surface area contributed by atoms with Crippen LogP contribution in [-0.4, -0.2) is 58.5 Å². The molecule has 6 nitrogen and oxygen atoms in total. The molecule has 0 aromatic heterocycles. The number of benzene rings is 2. The van der Waals surface area contributed by atoms with Gasteiger partial charge in [0, 0.05) is 31.7 Å². The Morgan fingerprint density at radius 1 is 0.871 bits per heavy atom. The summed E-state index contributed by atoms with van der Waals surface area (Å²) in [5.74, 6) is -0.241. The Morgan fingerprint density at radius 2 is 1.52 bits per heavy atom. The number of carbonyl (C=O) groups excluding carboxylic acids is 2. The fraction of sp³-hybridized carbons (Fsp3) is 0.400. The van der Waals surface area contributed by atoms with Gasteiger partial charge >= 0.3 is 0 Å². The molecule has 1 saturated heterocycles. The molecule has 2 aliphatic carbocycles. The Kier molecular flexibility index (Phi) is 4.60. The average Bonchev–Trinajstić information content (AvgIpc) is 3.76. The van der Waals surface area contributed by atoms with Gasteiger partial charge in [0.15, 0.2) is 0 Å². The molecule has 0 spiro atoms. The van der Waals surface area contributed by atoms with Crippen molar-refractivity contribution in [3.05, 3.63) is 59.7 Å². The van der Waals surface area contributed by atoms with Crippen molar-refractivity contribution in [3.8, 4) is 17.2 Å². The van der Waals surface area contributed by atoms with Gasteiger partial charge in [-0.05, 0) is 60.6 Å². The van der Waals surface area contributed by atoms with Gasteiger partial charge in [0.05, 0.1) is 11.5 Å². The SMILES string of the molecule is N#CC1(c2cccc(-c3ccc(C(=O)N4CCN(C(=O)C5(O)CC5)CC4)cc3)c2)CC1. The molecule has 1 aliphatic heterocycles. The van der Waals surface area contributed by atoms with E-state index in [0.717, 1.165) is 29.5 Å². The minimum Gasteiger partial charge on any atom is -0.380 e. The molecule has 31 heavy (non-hydrogen) atoms. The van der Waals surface area contributed by atoms with E-state index in [0.29, 0.717) is 44.6 Å². The van der Waals surface area contributed by atoms with E-state index >= 15 is 0 Å². The van der Waals surface area contributed by atoms with E-state index in [1.807, 2.05) is 42.5 Å². The Labute approximate surface area is 181 Å². The summed E-state index contributed by atoms with van der Waals surface area (Å²) in [6, 6.07) is 18.1. The third-order valence-corrected chi connectivity index (χ3v) is 6.82. The van der Waals surface area contributed by atoms with Crippen LogP contribution in [0, 0.1) is 11.3 Å². The van der Waals surface area contributed by atoms with Crippen molar-refractivity contribution in [2.75, 3.05) is 26.2 Å². The van der Waals surface area contributed by atoms with Crippen LogP contribution in [0.4, 0.5) is 0 Å². The first kappa shape index (κ1) is 19.8. The van der Waals surface area contributed by atoms with Crippen molar-refractivity contribution in [3.63, 3.8) is 0 Å². The monoisotopic (exact) mass is 415 g/mol. The number of nitrogens with zero attached hydrogens (tertiary/aromatic N) is 3. The minimum absolute atomic E-state index is 0.0426. The molecule has 3 fully saturated rings. The molecule has 0 radical (unpaired) electrons. The van der Waals surface area contributed by atoms with Crippen LogP contribution in [0.25, 0.3) is 11.1 Å². The summed E-state index contributed by atoms with van der Waals surface area (Å²) in [4.78, 5) is 28.6. The van der Waals surface area contributed by atoms with Gasteiger partial charge in [-0.25, -0.2) is 0 Å². The van der Waals surface area contributed by atoms with Gasteiger partial charge in [0.25, 0.3) is 11.8 Å². The number of hydrogen-bond donors (Lipinski definition) is 1. The van der Waals surface area contributed by atoms with Gasteiger partial charge in [-0.15, -0.1) is 0 Å². The molecule has 2 saturated carbocycles. The summed E-state index contributed by atoms with van der Waals surface area (Å²) in [6.07, 6.45) is 2.91. The predicted molar refractivity (Wildman–Crippen MR) is 115 cm³/mol. The van der Waals surface area contributed by atoms with Crippen LogP contribution in [0.1, 0.15) is 41.6 Å². The van der Waals surface area contributed by atoms with Crippen LogP contribution < -0.4 is 0 Å². The smallest absolute Gasteiger partial charge is 0.254 e. The van der Waals surface area contributed by atoms with Crippen LogP contribution in [0.2, 0.25) is 0 Å². The van der Waals surface area contributed by atoms with Crippen LogP contribution in [0.5, 0.6) is 0 Å². The molecule has 2 aromatic carbocycles. The number of aliphatic hydroxyl groups is 1. The van der Waals surface area contributed by atoms with Crippen molar-refractivity contribution in [1.82, 2.24) is 9.80 Å². The molecular weight excluding hydrogens is 390 g/mol. The van der Waals surface area contributed by atoms with Gasteiger partial charge in [0.1, 0.15) is 5.60 Å². The van der Waals surface area contributed by atoms with Gasteiger partial charge in [-0.1, -0.05) is 30.3 Å². The highest BCUT2D eigenvalue weighted by Crippen LogP contribution is 2.48. The zero-order valence-corrected chi connectivity index (χ0v) is 17.4. The number of carbonyl (C=O) groups is 2. The molecular formula is C25H25N3O3. The lowest BCUT2D eigenvalue weighted by Gasteiger charge is -2.35. The second-order valence-corrected chi connectivity index (χ2v) is 8.97. The quantitative estimate of drug-likeness (QED) is 0.832. The highest BCUT2D eigenvalue weighted by atomic mass is 16.3. The van der Waals surface area contributed by atoms with Crippen molar-refractivity contribution in [2.45, 2.75) is 36.7 Å². The van der Waals surface area contributed by atoms with Gasteiger partial charge < -0.3 is 14.9 Å². The lowest BCUT2D eigenvalue weighted by atomic mass is 9.93. The minimum atomic E-state index is -1.15. The van der Waals surface area contributed by atoms with Gasteiger partial charge in [0.2, 0.25) is 0 Å². The van der Waals surface area contributed by atoms with E-state index in [2.05, 4.69) is 12.1 Å². The first-order valence-corrected chi connectivity index (χ1v) is 10.9. The van der Waals surface area contributed by atoms with Crippen LogP contribution >= 0.6 is 0 Å². The maximum Gasteiger partial charge on any atom is 0.254 e. The van der Waals surface area contributed by atoms with E-state index in [9.17, 15) is 20.0 Å². The van der Waals surface area contributed by atoms with Gasteiger partial charge in [-0.3, -0.25) is 9.59 Å². The molecule has 5 rings (SSSR count). The average molecular weight is 415 g/mol. The summed E-state index contributed by atoms with van der Waals surface area (Å²) in [5, 5.41) is 19.5. The Balaban J connectivity index is 1.25. The molecule has 1 heterocycles. The van der Waals surface area contributed by atoms with Gasteiger partial charge in [-0.2, -0.15) is 5.26 Å². The molecule has 0 bridgehead atoms. The topological polar surface area (TPSA) is 84.6 Å². The van der Waals surface area contributed by atoms with Crippen LogP contribution in [-0.2, 0) is 10.2 Å². The van der Waals surface area contributed by atoms with Crippen LogP contribution in [0.15, 0.2) is 48.5 Å². The molecule has 6 heteroatoms. The predicted octanol–water partition coefficient (Wildman–Crippen LogP) is 2.72. The van der Waals surface area contributed by atoms with E-state index in [1.54, 1.807) is 9.80 Å². The lowest BCUT2D eigenvalue weighted by molar-refractivity contribution is -0.143. The van der Waals surface area contributed by atoms with Crippen LogP contribution in [0.3, 0.4) is 0 Å². The molecule has 158 valence electrons. The summed E-state index contributed by atoms with van der Waals surface area (Å²) in [6.45, 7) is 1.86. The second-order valence-electron chi connectivity index (χ2n) is 8.97. The molecule has 2 amide bonds. The molecule has 3 aliphatic rings. The fourth-order valence-electron chi connectivity index (χ4n) is 4.31. The normalized spacial score (nSPS) is 20.6. The number of hydrogen-bond acceptors (Lipinski definition) is 4. The molecule has 0 atom stereocenters. The number of amides is 2. The zero-order valence-electron chi connectivity index (χ0n) is 17.4. The molecule has 1 N–H and O–H groups in total. The number of rotatable bonds is 4. The first-order valence-electron chi connectivity index (χ1n) is 10.9. The fourth-order valence-corrected chi connectivity index (χ4v) is 4.31. The lowest BCUT2D eigenvalue weighted by Crippen LogP contribution is -2.53. The Hall–Kier alpha value is -3.17. The van der Waals surface area contributed by atoms with E-state index < -0.39 is 5.60 Å². The standard InChI is InChI=1S/C25H25N3O3/c26-17-24(8-9-24)21-3-1-2-20(16-21)18-4-6-19(7-5-18)22(29)27-12-14-28(15-13-27)23(30)25(31)10-11-25/h1-7,16,31H,8-15H2. The summed E-state index contributed by atoms with van der Waals surface area (Å²) >= 11 is 0. The largest absolute Gasteiger partial charge is 0.380 e. The van der Waals surface area contributed by atoms with Crippen molar-refractivity contribution in [2.24, 2.45) is 0 Å². The van der Waals surface area contributed by atoms with E-state index in [4.69, 9.17) is 0 Å². The third-order valence-electron chi connectivity index (χ3n) is 6.82. The third kappa shape index (κ3) is 3.60. The van der Waals surface area contributed by atoms with Crippen molar-refractivity contribution < 1.29 is 14.7 Å². The zero-order chi connectivity index (χ0) is 21.6. The maximum absolute atomic E-state index is 12.9. The summed E-state index contributed by atoms with van der Waals surface area (Å²) in [7, 11) is 0. The highest BCUT2D eigenvalue weighted by Gasteiger charge is 2.50. The second kappa shape index (κ2) is 7.21. The summed E-state index contributed by atoms with van der Waals surface area (Å²) < 4.78 is 0. The molecule has 0 unspecified atom stereocenters. The number of nitriles is 1. The van der Waals surface area contributed by atoms with Crippen molar-refractivity contribution >= 4 is 11.8 Å². The maximum atomic E-state index is 12.9. The van der Waals surface area contributed by atoms with Crippen molar-refractivity contribution in [1.29, 1.82) is 5.26 Å². The Morgan fingerprint density at radius 3 is 2.10 bits per heavy atom. The molecule has 2 aromatic rings. The Bertz CT molecular complexity index is 1070. The van der Waals surface area contributed by atoms with E-state index in [1.165, 1.54) is 0 Å². The first-order chi connectivity index (χ1) is 14.9. The van der Waals surface area contributed by atoms with E-state index in [-0.39, 0.29) is 17.2 Å². The highest BCUT2D eigenvalue weighted by molar-refractivity contribution is 5.95. The number of piperazine rings is 1.